The Labute approximate surface area is 97.3 Å². The number of rotatable bonds is 4. The van der Waals surface area contributed by atoms with E-state index in [2.05, 4.69) is 61.2 Å². The van der Waals surface area contributed by atoms with Crippen LogP contribution in [0.4, 0.5) is 0 Å². The van der Waals surface area contributed by atoms with Crippen LogP contribution in [0.5, 0.6) is 0 Å². The summed E-state index contributed by atoms with van der Waals surface area (Å²) in [6, 6.07) is 21.1. The summed E-state index contributed by atoms with van der Waals surface area (Å²) in [6.07, 6.45) is 3.05. The molecular weight excluding hydrogens is 192 g/mol. The summed E-state index contributed by atoms with van der Waals surface area (Å²) in [5.41, 5.74) is 2.69. The molecule has 0 unspecified atom stereocenters. The highest BCUT2D eigenvalue weighted by Gasteiger charge is 2.07. The van der Waals surface area contributed by atoms with E-state index in [-0.39, 0.29) is 0 Å². The summed E-state index contributed by atoms with van der Waals surface area (Å²) < 4.78 is 0. The van der Waals surface area contributed by atoms with Crippen molar-refractivity contribution in [1.29, 1.82) is 0 Å². The van der Waals surface area contributed by atoms with Gasteiger partial charge in [0, 0.05) is 5.92 Å². The summed E-state index contributed by atoms with van der Waals surface area (Å²) in [6.45, 7) is 3.93. The minimum Gasteiger partial charge on any atom is -0.102 e. The first kappa shape index (κ1) is 10.7. The summed E-state index contributed by atoms with van der Waals surface area (Å²) in [4.78, 5) is 0. The van der Waals surface area contributed by atoms with E-state index in [0.717, 1.165) is 6.42 Å². The van der Waals surface area contributed by atoms with Crippen molar-refractivity contribution in [3.63, 3.8) is 0 Å². The second-order valence-corrected chi connectivity index (χ2v) is 3.94. The fraction of sp³-hybridized carbons (Fsp3) is 0.125. The van der Waals surface area contributed by atoms with Gasteiger partial charge in [-0.05, 0) is 17.5 Å². The van der Waals surface area contributed by atoms with E-state index in [4.69, 9.17) is 0 Å². The minimum absolute atomic E-state index is 0.406. The molecule has 0 aromatic heterocycles. The summed E-state index contributed by atoms with van der Waals surface area (Å²) in [7, 11) is 0. The van der Waals surface area contributed by atoms with Crippen molar-refractivity contribution in [3.05, 3.63) is 84.4 Å². The molecule has 0 saturated heterocycles. The highest BCUT2D eigenvalue weighted by Crippen LogP contribution is 2.21. The van der Waals surface area contributed by atoms with Gasteiger partial charge in [-0.25, -0.2) is 0 Å². The van der Waals surface area contributed by atoms with E-state index >= 15 is 0 Å². The highest BCUT2D eigenvalue weighted by atomic mass is 14.1. The maximum atomic E-state index is 3.93. The van der Waals surface area contributed by atoms with Crippen LogP contribution >= 0.6 is 0 Å². The SMILES string of the molecule is C=C[C@@H](Cc1ccccc1)c1ccccc1. The van der Waals surface area contributed by atoms with Gasteiger partial charge in [-0.2, -0.15) is 0 Å². The number of hydrogen-bond donors (Lipinski definition) is 0. The van der Waals surface area contributed by atoms with Crippen molar-refractivity contribution in [3.8, 4) is 0 Å². The molecule has 80 valence electrons. The van der Waals surface area contributed by atoms with Crippen LogP contribution in [-0.4, -0.2) is 0 Å². The third-order valence-corrected chi connectivity index (χ3v) is 2.81. The van der Waals surface area contributed by atoms with Crippen LogP contribution in [0.2, 0.25) is 0 Å². The lowest BCUT2D eigenvalue weighted by molar-refractivity contribution is 0.838. The first-order valence-corrected chi connectivity index (χ1v) is 5.61. The average Bonchev–Trinajstić information content (AvgIpc) is 2.38. The van der Waals surface area contributed by atoms with E-state index < -0.39 is 0 Å². The second kappa shape index (κ2) is 5.32. The zero-order chi connectivity index (χ0) is 11.2. The molecule has 2 rings (SSSR count). The predicted octanol–water partition coefficient (Wildman–Crippen LogP) is 4.20. The third-order valence-electron chi connectivity index (χ3n) is 2.81. The standard InChI is InChI=1S/C16H16/c1-2-15(16-11-7-4-8-12-16)13-14-9-5-3-6-10-14/h2-12,15H,1,13H2/t15-/m0/s1. The molecule has 2 aromatic rings. The molecule has 0 heterocycles. The van der Waals surface area contributed by atoms with Gasteiger partial charge < -0.3 is 0 Å². The van der Waals surface area contributed by atoms with Crippen LogP contribution in [0.1, 0.15) is 17.0 Å². The lowest BCUT2D eigenvalue weighted by Gasteiger charge is -2.12. The largest absolute Gasteiger partial charge is 0.102 e. The molecule has 0 fully saturated rings. The maximum Gasteiger partial charge on any atom is 0.00557 e. The van der Waals surface area contributed by atoms with Crippen molar-refractivity contribution < 1.29 is 0 Å². The zero-order valence-electron chi connectivity index (χ0n) is 9.34. The number of allylic oxidation sites excluding steroid dienone is 1. The molecule has 16 heavy (non-hydrogen) atoms. The fourth-order valence-electron chi connectivity index (χ4n) is 1.91. The molecule has 0 heteroatoms. The minimum atomic E-state index is 0.406. The van der Waals surface area contributed by atoms with Crippen molar-refractivity contribution in [2.45, 2.75) is 12.3 Å². The molecule has 0 amide bonds. The van der Waals surface area contributed by atoms with Crippen molar-refractivity contribution >= 4 is 0 Å². The molecule has 0 nitrogen and oxygen atoms in total. The first-order valence-electron chi connectivity index (χ1n) is 5.61. The Hall–Kier alpha value is -1.82. The normalized spacial score (nSPS) is 12.0. The lowest BCUT2D eigenvalue weighted by atomic mass is 9.92. The Balaban J connectivity index is 2.16. The summed E-state index contributed by atoms with van der Waals surface area (Å²) in [5.74, 6) is 0.406. The first-order chi connectivity index (χ1) is 7.90. The lowest BCUT2D eigenvalue weighted by Crippen LogP contribution is -1.99. The number of benzene rings is 2. The van der Waals surface area contributed by atoms with Gasteiger partial charge in [0.05, 0.1) is 0 Å². The van der Waals surface area contributed by atoms with E-state index in [9.17, 15) is 0 Å². The Morgan fingerprint density at radius 1 is 0.875 bits per heavy atom. The van der Waals surface area contributed by atoms with E-state index in [0.29, 0.717) is 5.92 Å². The van der Waals surface area contributed by atoms with E-state index in [1.165, 1.54) is 11.1 Å². The molecule has 0 aliphatic carbocycles. The molecule has 0 saturated carbocycles. The molecular formula is C16H16. The van der Waals surface area contributed by atoms with Crippen molar-refractivity contribution in [1.82, 2.24) is 0 Å². The third kappa shape index (κ3) is 2.60. The van der Waals surface area contributed by atoms with Gasteiger partial charge in [-0.1, -0.05) is 66.7 Å². The Morgan fingerprint density at radius 3 is 2.00 bits per heavy atom. The van der Waals surface area contributed by atoms with Gasteiger partial charge in [0.15, 0.2) is 0 Å². The van der Waals surface area contributed by atoms with Crippen LogP contribution in [0.25, 0.3) is 0 Å². The van der Waals surface area contributed by atoms with Gasteiger partial charge in [0.1, 0.15) is 0 Å². The van der Waals surface area contributed by atoms with Gasteiger partial charge in [-0.3, -0.25) is 0 Å². The Bertz CT molecular complexity index is 428. The van der Waals surface area contributed by atoms with Crippen LogP contribution in [0.3, 0.4) is 0 Å². The molecule has 0 aliphatic heterocycles. The van der Waals surface area contributed by atoms with Crippen molar-refractivity contribution in [2.75, 3.05) is 0 Å². The van der Waals surface area contributed by atoms with Gasteiger partial charge >= 0.3 is 0 Å². The van der Waals surface area contributed by atoms with Crippen molar-refractivity contribution in [2.24, 2.45) is 0 Å². The maximum absolute atomic E-state index is 3.93. The quantitative estimate of drug-likeness (QED) is 0.661. The van der Waals surface area contributed by atoms with Crippen LogP contribution in [0, 0.1) is 0 Å². The van der Waals surface area contributed by atoms with Gasteiger partial charge in [0.2, 0.25) is 0 Å². The summed E-state index contributed by atoms with van der Waals surface area (Å²) >= 11 is 0. The molecule has 0 N–H and O–H groups in total. The fourth-order valence-corrected chi connectivity index (χ4v) is 1.91. The van der Waals surface area contributed by atoms with Crippen LogP contribution < -0.4 is 0 Å². The Morgan fingerprint density at radius 2 is 1.44 bits per heavy atom. The molecule has 0 spiro atoms. The smallest absolute Gasteiger partial charge is 0.00557 e. The molecule has 0 aliphatic rings. The Kier molecular flexibility index (Phi) is 3.55. The monoisotopic (exact) mass is 208 g/mol. The topological polar surface area (TPSA) is 0 Å². The van der Waals surface area contributed by atoms with Crippen LogP contribution in [-0.2, 0) is 6.42 Å². The predicted molar refractivity (Wildman–Crippen MR) is 69.5 cm³/mol. The zero-order valence-corrected chi connectivity index (χ0v) is 9.34. The van der Waals surface area contributed by atoms with Crippen LogP contribution in [0.15, 0.2) is 73.3 Å². The summed E-state index contributed by atoms with van der Waals surface area (Å²) in [5, 5.41) is 0. The second-order valence-electron chi connectivity index (χ2n) is 3.94. The highest BCUT2D eigenvalue weighted by molar-refractivity contribution is 5.27. The van der Waals surface area contributed by atoms with Gasteiger partial charge in [-0.15, -0.1) is 6.58 Å². The number of hydrogen-bond acceptors (Lipinski definition) is 0. The molecule has 2 aromatic carbocycles. The van der Waals surface area contributed by atoms with E-state index in [1.54, 1.807) is 0 Å². The molecule has 1 atom stereocenters. The van der Waals surface area contributed by atoms with E-state index in [1.807, 2.05) is 12.1 Å². The van der Waals surface area contributed by atoms with Gasteiger partial charge in [0.25, 0.3) is 0 Å². The average molecular weight is 208 g/mol. The molecule has 0 radical (unpaired) electrons. The molecule has 0 bridgehead atoms.